The highest BCUT2D eigenvalue weighted by molar-refractivity contribution is 5.26. The first-order valence-corrected chi connectivity index (χ1v) is 4.50. The normalized spacial score (nSPS) is 11.1. The zero-order valence-electron chi connectivity index (χ0n) is 9.40. The molecule has 0 bridgehead atoms. The number of allylic oxidation sites excluding steroid dienone is 2. The van der Waals surface area contributed by atoms with Gasteiger partial charge in [-0.05, 0) is 6.58 Å². The summed E-state index contributed by atoms with van der Waals surface area (Å²) >= 11 is 0. The van der Waals surface area contributed by atoms with E-state index >= 15 is 0 Å². The Hall–Kier alpha value is -1.69. The number of ether oxygens (including phenoxy) is 1. The first-order valence-electron chi connectivity index (χ1n) is 4.50. The fraction of sp³-hybridized carbons (Fsp3) is 0.400. The third kappa shape index (κ3) is 4.70. The van der Waals surface area contributed by atoms with Crippen LogP contribution in [0.15, 0.2) is 36.5 Å². The molecule has 0 fully saturated rings. The van der Waals surface area contributed by atoms with E-state index in [2.05, 4.69) is 13.2 Å². The Morgan fingerprint density at radius 3 is 2.62 bits per heavy atom. The van der Waals surface area contributed by atoms with Gasteiger partial charge in [-0.1, -0.05) is 6.58 Å². The van der Waals surface area contributed by atoms with Crippen LogP contribution in [0, 0.1) is 10.1 Å². The van der Waals surface area contributed by atoms with E-state index in [1.54, 1.807) is 7.05 Å². The fourth-order valence-electron chi connectivity index (χ4n) is 0.828. The Balaban J connectivity index is 4.48. The molecule has 0 spiro atoms. The minimum atomic E-state index is -0.777. The predicted molar refractivity (Wildman–Crippen MR) is 59.0 cm³/mol. The predicted octanol–water partition coefficient (Wildman–Crippen LogP) is 1.72. The van der Waals surface area contributed by atoms with E-state index in [1.165, 1.54) is 12.0 Å². The van der Waals surface area contributed by atoms with Crippen LogP contribution in [0.5, 0.6) is 0 Å². The van der Waals surface area contributed by atoms with E-state index in [1.807, 2.05) is 0 Å². The van der Waals surface area contributed by atoms with Gasteiger partial charge in [0.15, 0.2) is 5.83 Å². The van der Waals surface area contributed by atoms with Gasteiger partial charge in [0.2, 0.25) is 0 Å². The number of rotatable bonds is 7. The molecule has 0 aliphatic heterocycles. The minimum Gasteiger partial charge on any atom is -0.383 e. The molecule has 5 nitrogen and oxygen atoms in total. The smallest absolute Gasteiger partial charge is 0.265 e. The SMILES string of the molecule is C=C(/C(F)=C\C(=C)[N+](=O)[O-])N(C)CCOC. The molecule has 16 heavy (non-hydrogen) atoms. The van der Waals surface area contributed by atoms with Crippen molar-refractivity contribution in [1.29, 1.82) is 0 Å². The van der Waals surface area contributed by atoms with Crippen molar-refractivity contribution in [1.82, 2.24) is 4.90 Å². The highest BCUT2D eigenvalue weighted by Crippen LogP contribution is 2.14. The van der Waals surface area contributed by atoms with Crippen LogP contribution in [-0.2, 0) is 4.74 Å². The van der Waals surface area contributed by atoms with Gasteiger partial charge in [-0.25, -0.2) is 4.39 Å². The molecule has 0 aromatic carbocycles. The van der Waals surface area contributed by atoms with Gasteiger partial charge in [-0.3, -0.25) is 10.1 Å². The van der Waals surface area contributed by atoms with E-state index in [0.29, 0.717) is 13.2 Å². The molecular weight excluding hydrogens is 215 g/mol. The van der Waals surface area contributed by atoms with Crippen LogP contribution >= 0.6 is 0 Å². The molecule has 90 valence electrons. The van der Waals surface area contributed by atoms with Gasteiger partial charge >= 0.3 is 0 Å². The molecule has 0 saturated heterocycles. The van der Waals surface area contributed by atoms with Crippen molar-refractivity contribution in [3.63, 3.8) is 0 Å². The summed E-state index contributed by atoms with van der Waals surface area (Å²) in [6.45, 7) is 7.44. The maximum absolute atomic E-state index is 13.4. The van der Waals surface area contributed by atoms with Crippen molar-refractivity contribution in [2.75, 3.05) is 27.3 Å². The second kappa shape index (κ2) is 6.73. The Bertz CT molecular complexity index is 326. The zero-order valence-corrected chi connectivity index (χ0v) is 9.40. The molecule has 0 radical (unpaired) electrons. The molecule has 0 N–H and O–H groups in total. The summed E-state index contributed by atoms with van der Waals surface area (Å²) in [5.41, 5.74) is -0.459. The highest BCUT2D eigenvalue weighted by Gasteiger charge is 2.11. The molecule has 0 aliphatic carbocycles. The summed E-state index contributed by atoms with van der Waals surface area (Å²) in [7, 11) is 3.14. The summed E-state index contributed by atoms with van der Waals surface area (Å²) in [6, 6.07) is 0. The monoisotopic (exact) mass is 230 g/mol. The van der Waals surface area contributed by atoms with Gasteiger partial charge < -0.3 is 9.64 Å². The van der Waals surface area contributed by atoms with E-state index in [0.717, 1.165) is 6.08 Å². The number of methoxy groups -OCH3 is 1. The zero-order chi connectivity index (χ0) is 12.7. The topological polar surface area (TPSA) is 55.6 Å². The molecule has 0 rings (SSSR count). The lowest BCUT2D eigenvalue weighted by Crippen LogP contribution is -2.22. The van der Waals surface area contributed by atoms with Gasteiger partial charge in [-0.2, -0.15) is 0 Å². The van der Waals surface area contributed by atoms with Gasteiger partial charge in [0.25, 0.3) is 5.70 Å². The van der Waals surface area contributed by atoms with Crippen LogP contribution in [0.25, 0.3) is 0 Å². The van der Waals surface area contributed by atoms with E-state index < -0.39 is 16.4 Å². The Morgan fingerprint density at radius 1 is 1.62 bits per heavy atom. The molecule has 0 aromatic heterocycles. The number of nitrogens with zero attached hydrogens (tertiary/aromatic N) is 2. The molecular formula is C10H15FN2O3. The number of hydrogen-bond donors (Lipinski definition) is 0. The van der Waals surface area contributed by atoms with Crippen LogP contribution in [-0.4, -0.2) is 37.1 Å². The number of nitro groups is 1. The van der Waals surface area contributed by atoms with Crippen molar-refractivity contribution >= 4 is 0 Å². The van der Waals surface area contributed by atoms with Gasteiger partial charge in [0.1, 0.15) is 0 Å². The van der Waals surface area contributed by atoms with Crippen molar-refractivity contribution in [3.8, 4) is 0 Å². The Labute approximate surface area is 93.6 Å². The first-order chi connectivity index (χ1) is 7.40. The van der Waals surface area contributed by atoms with Gasteiger partial charge in [0.05, 0.1) is 23.3 Å². The Morgan fingerprint density at radius 2 is 2.19 bits per heavy atom. The quantitative estimate of drug-likeness (QED) is 0.379. The number of halogens is 1. The molecule has 0 saturated carbocycles. The molecule has 0 atom stereocenters. The standard InChI is InChI=1S/C10H15FN2O3/c1-8(13(14)15)7-10(11)9(2)12(3)5-6-16-4/h7H,1-2,5-6H2,3-4H3/b10-7+. The lowest BCUT2D eigenvalue weighted by Gasteiger charge is -2.19. The maximum atomic E-state index is 13.4. The number of hydrogen-bond acceptors (Lipinski definition) is 4. The van der Waals surface area contributed by atoms with Crippen LogP contribution < -0.4 is 0 Å². The van der Waals surface area contributed by atoms with Crippen molar-refractivity contribution < 1.29 is 14.1 Å². The van der Waals surface area contributed by atoms with Crippen LogP contribution in [0.2, 0.25) is 0 Å². The lowest BCUT2D eigenvalue weighted by atomic mass is 10.3. The Kier molecular flexibility index (Phi) is 6.02. The van der Waals surface area contributed by atoms with Crippen LogP contribution in [0.4, 0.5) is 4.39 Å². The first kappa shape index (κ1) is 14.3. The summed E-state index contributed by atoms with van der Waals surface area (Å²) in [6.07, 6.45) is 0.742. The highest BCUT2D eigenvalue weighted by atomic mass is 19.1. The van der Waals surface area contributed by atoms with Crippen molar-refractivity contribution in [3.05, 3.63) is 46.6 Å². The van der Waals surface area contributed by atoms with E-state index in [9.17, 15) is 14.5 Å². The minimum absolute atomic E-state index is 0.0556. The molecule has 0 aliphatic rings. The molecule has 0 unspecified atom stereocenters. The molecule has 6 heteroatoms. The maximum Gasteiger partial charge on any atom is 0.265 e. The summed E-state index contributed by atoms with van der Waals surface area (Å²) in [5.74, 6) is -0.777. The number of likely N-dealkylation sites (N-methyl/N-ethyl adjacent to an activating group) is 1. The molecule has 0 heterocycles. The van der Waals surface area contributed by atoms with E-state index in [-0.39, 0.29) is 5.70 Å². The molecule has 0 aromatic rings. The fourth-order valence-corrected chi connectivity index (χ4v) is 0.828. The van der Waals surface area contributed by atoms with Crippen LogP contribution in [0.3, 0.4) is 0 Å². The van der Waals surface area contributed by atoms with Crippen LogP contribution in [0.1, 0.15) is 0 Å². The van der Waals surface area contributed by atoms with Crippen molar-refractivity contribution in [2.24, 2.45) is 0 Å². The summed E-state index contributed by atoms with van der Waals surface area (Å²) in [4.78, 5) is 11.0. The van der Waals surface area contributed by atoms with Crippen molar-refractivity contribution in [2.45, 2.75) is 0 Å². The van der Waals surface area contributed by atoms with Gasteiger partial charge in [0, 0.05) is 20.7 Å². The largest absolute Gasteiger partial charge is 0.383 e. The lowest BCUT2D eigenvalue weighted by molar-refractivity contribution is -0.418. The second-order valence-electron chi connectivity index (χ2n) is 3.10. The second-order valence-corrected chi connectivity index (χ2v) is 3.10. The average Bonchev–Trinajstić information content (AvgIpc) is 2.24. The average molecular weight is 230 g/mol. The molecule has 0 amide bonds. The summed E-state index contributed by atoms with van der Waals surface area (Å²) < 4.78 is 18.2. The van der Waals surface area contributed by atoms with E-state index in [4.69, 9.17) is 4.74 Å². The van der Waals surface area contributed by atoms with Gasteiger partial charge in [-0.15, -0.1) is 0 Å². The summed E-state index contributed by atoms with van der Waals surface area (Å²) in [5, 5.41) is 10.2. The third-order valence-corrected chi connectivity index (χ3v) is 1.90. The third-order valence-electron chi connectivity index (χ3n) is 1.90.